The van der Waals surface area contributed by atoms with Gasteiger partial charge in [0.2, 0.25) is 0 Å². The van der Waals surface area contributed by atoms with E-state index in [2.05, 4.69) is 32.6 Å². The van der Waals surface area contributed by atoms with E-state index in [1.54, 1.807) is 0 Å². The number of anilines is 1. The van der Waals surface area contributed by atoms with Crippen LogP contribution in [0.2, 0.25) is 0 Å². The Balaban J connectivity index is 2.54. The predicted octanol–water partition coefficient (Wildman–Crippen LogP) is 4.42. The first-order valence-corrected chi connectivity index (χ1v) is 7.62. The predicted molar refractivity (Wildman–Crippen MR) is 82.7 cm³/mol. The van der Waals surface area contributed by atoms with Crippen molar-refractivity contribution < 1.29 is 14.3 Å². The number of benzene rings is 1. The molecule has 1 aromatic rings. The highest BCUT2D eigenvalue weighted by atomic mass is 19.1. The van der Waals surface area contributed by atoms with Crippen molar-refractivity contribution in [3.8, 4) is 0 Å². The number of carboxylic acid groups (broad SMARTS) is 1. The Hall–Kier alpha value is -1.58. The number of hydrogen-bond acceptors (Lipinski definition) is 2. The number of rotatable bonds is 4. The van der Waals surface area contributed by atoms with Gasteiger partial charge < -0.3 is 10.0 Å². The molecule has 116 valence electrons. The third-order valence-corrected chi connectivity index (χ3v) is 4.44. The van der Waals surface area contributed by atoms with Gasteiger partial charge >= 0.3 is 5.97 Å². The molecule has 1 atom stereocenters. The number of hydrogen-bond donors (Lipinski definition) is 1. The highest BCUT2D eigenvalue weighted by molar-refractivity contribution is 5.89. The summed E-state index contributed by atoms with van der Waals surface area (Å²) in [6.07, 6.45) is 3.06. The topological polar surface area (TPSA) is 40.5 Å². The normalized spacial score (nSPS) is 20.2. The lowest BCUT2D eigenvalue weighted by Crippen LogP contribution is -2.49. The molecule has 0 aromatic heterocycles. The summed E-state index contributed by atoms with van der Waals surface area (Å²) in [5, 5.41) is 9.11. The van der Waals surface area contributed by atoms with E-state index in [1.807, 2.05) is 0 Å². The molecule has 1 N–H and O–H groups in total. The molecule has 2 rings (SSSR count). The van der Waals surface area contributed by atoms with Crippen LogP contribution < -0.4 is 4.90 Å². The first-order valence-electron chi connectivity index (χ1n) is 7.62. The number of carboxylic acids is 1. The summed E-state index contributed by atoms with van der Waals surface area (Å²) >= 11 is 0. The Bertz CT molecular complexity index is 554. The van der Waals surface area contributed by atoms with Crippen LogP contribution in [-0.4, -0.2) is 23.2 Å². The fraction of sp³-hybridized carbons (Fsp3) is 0.588. The number of aromatic carboxylic acids is 1. The van der Waals surface area contributed by atoms with Crippen LogP contribution in [0, 0.1) is 5.82 Å². The number of halogens is 1. The molecule has 0 saturated heterocycles. The molecule has 0 spiro atoms. The van der Waals surface area contributed by atoms with E-state index in [0.29, 0.717) is 0 Å². The van der Waals surface area contributed by atoms with E-state index in [-0.39, 0.29) is 17.0 Å². The quantitative estimate of drug-likeness (QED) is 0.893. The van der Waals surface area contributed by atoms with Gasteiger partial charge in [0.15, 0.2) is 0 Å². The third-order valence-electron chi connectivity index (χ3n) is 4.44. The minimum absolute atomic E-state index is 0.0429. The molecule has 1 aliphatic heterocycles. The number of fused-ring (bicyclic) bond motifs is 1. The van der Waals surface area contributed by atoms with Crippen LogP contribution in [0.25, 0.3) is 0 Å². The molecule has 21 heavy (non-hydrogen) atoms. The molecule has 0 amide bonds. The zero-order valence-electron chi connectivity index (χ0n) is 13.2. The van der Waals surface area contributed by atoms with Gasteiger partial charge in [-0.15, -0.1) is 0 Å². The monoisotopic (exact) mass is 293 g/mol. The van der Waals surface area contributed by atoms with E-state index >= 15 is 0 Å². The maximum atomic E-state index is 14.1. The number of carbonyl (C=O) groups is 1. The van der Waals surface area contributed by atoms with Gasteiger partial charge in [-0.3, -0.25) is 0 Å². The molecular weight excluding hydrogens is 269 g/mol. The summed E-state index contributed by atoms with van der Waals surface area (Å²) in [6, 6.07) is 2.93. The molecule has 0 saturated carbocycles. The summed E-state index contributed by atoms with van der Waals surface area (Å²) in [5.74, 6) is -1.62. The van der Waals surface area contributed by atoms with Gasteiger partial charge in [0.1, 0.15) is 5.82 Å². The smallest absolute Gasteiger partial charge is 0.338 e. The molecule has 1 heterocycles. The van der Waals surface area contributed by atoms with Crippen LogP contribution in [-0.2, 0) is 0 Å². The zero-order chi connectivity index (χ0) is 15.8. The van der Waals surface area contributed by atoms with E-state index in [9.17, 15) is 9.18 Å². The minimum atomic E-state index is -1.20. The molecule has 1 aromatic carbocycles. The van der Waals surface area contributed by atoms with Gasteiger partial charge in [-0.05, 0) is 50.3 Å². The third kappa shape index (κ3) is 2.89. The van der Waals surface area contributed by atoms with Gasteiger partial charge in [0.05, 0.1) is 5.56 Å². The lowest BCUT2D eigenvalue weighted by Gasteiger charge is -2.47. The average Bonchev–Trinajstić information content (AvgIpc) is 2.36. The first kappa shape index (κ1) is 15.8. The highest BCUT2D eigenvalue weighted by Crippen LogP contribution is 2.44. The van der Waals surface area contributed by atoms with E-state index in [4.69, 9.17) is 5.11 Å². The molecule has 4 heteroatoms. The molecule has 0 bridgehead atoms. The van der Waals surface area contributed by atoms with E-state index in [0.717, 1.165) is 37.1 Å². The van der Waals surface area contributed by atoms with E-state index < -0.39 is 11.8 Å². The standard InChI is InChI=1S/C17H24FNO2/c1-5-6-7-19-15-9-14(18)13(16(20)21)8-12(15)11(2)10-17(19,3)4/h8-9,11H,5-7,10H2,1-4H3,(H,20,21)/t11-/m0/s1. The minimum Gasteiger partial charge on any atom is -0.478 e. The van der Waals surface area contributed by atoms with Gasteiger partial charge in [-0.25, -0.2) is 9.18 Å². The van der Waals surface area contributed by atoms with Gasteiger partial charge in [-0.1, -0.05) is 20.3 Å². The summed E-state index contributed by atoms with van der Waals surface area (Å²) in [4.78, 5) is 13.4. The van der Waals surface area contributed by atoms with Crippen LogP contribution in [0.1, 0.15) is 68.8 Å². The first-order chi connectivity index (χ1) is 9.77. The fourth-order valence-electron chi connectivity index (χ4n) is 3.41. The van der Waals surface area contributed by atoms with Crippen molar-refractivity contribution in [1.82, 2.24) is 0 Å². The Kier molecular flexibility index (Phi) is 4.26. The summed E-state index contributed by atoms with van der Waals surface area (Å²) < 4.78 is 14.1. The number of nitrogens with zero attached hydrogens (tertiary/aromatic N) is 1. The second-order valence-electron chi connectivity index (χ2n) is 6.62. The lowest BCUT2D eigenvalue weighted by molar-refractivity contribution is 0.0691. The van der Waals surface area contributed by atoms with Crippen LogP contribution in [0.3, 0.4) is 0 Å². The molecular formula is C17H24FNO2. The molecule has 3 nitrogen and oxygen atoms in total. The summed E-state index contributed by atoms with van der Waals surface area (Å²) in [6.45, 7) is 9.43. The largest absolute Gasteiger partial charge is 0.478 e. The van der Waals surface area contributed by atoms with Crippen LogP contribution in [0.15, 0.2) is 12.1 Å². The Labute approximate surface area is 125 Å². The Morgan fingerprint density at radius 1 is 1.48 bits per heavy atom. The zero-order valence-corrected chi connectivity index (χ0v) is 13.2. The second kappa shape index (κ2) is 5.66. The van der Waals surface area contributed by atoms with Crippen molar-refractivity contribution in [2.45, 2.75) is 58.4 Å². The molecule has 1 aliphatic rings. The average molecular weight is 293 g/mol. The van der Waals surface area contributed by atoms with Crippen molar-refractivity contribution in [1.29, 1.82) is 0 Å². The highest BCUT2D eigenvalue weighted by Gasteiger charge is 2.37. The summed E-state index contributed by atoms with van der Waals surface area (Å²) in [5.41, 5.74) is 1.54. The SMILES string of the molecule is CCCCN1c2cc(F)c(C(=O)O)cc2[C@@H](C)CC1(C)C. The maximum Gasteiger partial charge on any atom is 0.338 e. The van der Waals surface area contributed by atoms with E-state index in [1.165, 1.54) is 12.1 Å². The lowest BCUT2D eigenvalue weighted by atomic mass is 9.79. The van der Waals surface area contributed by atoms with Crippen LogP contribution in [0.4, 0.5) is 10.1 Å². The maximum absolute atomic E-state index is 14.1. The molecule has 0 fully saturated rings. The number of unbranched alkanes of at least 4 members (excludes halogenated alkanes) is 1. The van der Waals surface area contributed by atoms with Crippen molar-refractivity contribution >= 4 is 11.7 Å². The molecule has 0 unspecified atom stereocenters. The summed E-state index contributed by atoms with van der Waals surface area (Å²) in [7, 11) is 0. The Morgan fingerprint density at radius 3 is 2.71 bits per heavy atom. The van der Waals surface area contributed by atoms with Crippen molar-refractivity contribution in [3.63, 3.8) is 0 Å². The van der Waals surface area contributed by atoms with Gasteiger partial charge in [-0.2, -0.15) is 0 Å². The fourth-order valence-corrected chi connectivity index (χ4v) is 3.41. The van der Waals surface area contributed by atoms with Gasteiger partial charge in [0, 0.05) is 17.8 Å². The second-order valence-corrected chi connectivity index (χ2v) is 6.62. The molecule has 0 aliphatic carbocycles. The van der Waals surface area contributed by atoms with Gasteiger partial charge in [0.25, 0.3) is 0 Å². The van der Waals surface area contributed by atoms with Crippen molar-refractivity contribution in [2.75, 3.05) is 11.4 Å². The van der Waals surface area contributed by atoms with Crippen LogP contribution in [0.5, 0.6) is 0 Å². The molecule has 0 radical (unpaired) electrons. The van der Waals surface area contributed by atoms with Crippen LogP contribution >= 0.6 is 0 Å². The van der Waals surface area contributed by atoms with Crippen molar-refractivity contribution in [2.24, 2.45) is 0 Å². The Morgan fingerprint density at radius 2 is 2.14 bits per heavy atom. The van der Waals surface area contributed by atoms with Crippen molar-refractivity contribution in [3.05, 3.63) is 29.1 Å².